The number of anilines is 1. The van der Waals surface area contributed by atoms with Crippen LogP contribution in [0, 0.1) is 13.8 Å². The van der Waals surface area contributed by atoms with Crippen molar-refractivity contribution in [1.82, 2.24) is 9.47 Å². The quantitative estimate of drug-likeness (QED) is 0.451. The third-order valence-corrected chi connectivity index (χ3v) is 6.05. The summed E-state index contributed by atoms with van der Waals surface area (Å²) in [5.41, 5.74) is 5.61. The first-order valence-electron chi connectivity index (χ1n) is 10.4. The lowest BCUT2D eigenvalue weighted by molar-refractivity contribution is 0.181. The highest BCUT2D eigenvalue weighted by atomic mass is 16.2. The van der Waals surface area contributed by atoms with Gasteiger partial charge in [0.25, 0.3) is 0 Å². The summed E-state index contributed by atoms with van der Waals surface area (Å²) in [7, 11) is 0. The molecular formula is C26H25N3O. The lowest BCUT2D eigenvalue weighted by Crippen LogP contribution is -2.44. The normalized spacial score (nSPS) is 15.8. The van der Waals surface area contributed by atoms with E-state index in [0.29, 0.717) is 6.54 Å². The summed E-state index contributed by atoms with van der Waals surface area (Å²) in [6, 6.07) is 24.7. The second kappa shape index (κ2) is 7.38. The van der Waals surface area contributed by atoms with Gasteiger partial charge in [0.2, 0.25) is 0 Å². The molecule has 0 unspecified atom stereocenters. The summed E-state index contributed by atoms with van der Waals surface area (Å²) in [6.07, 6.45) is 2.10. The lowest BCUT2D eigenvalue weighted by Gasteiger charge is -2.38. The first kappa shape index (κ1) is 18.5. The minimum absolute atomic E-state index is 0.0659. The number of carbonyl (C=O) groups excluding carboxylic acids is 1. The number of benzene rings is 3. The van der Waals surface area contributed by atoms with E-state index in [9.17, 15) is 4.79 Å². The van der Waals surface area contributed by atoms with Crippen LogP contribution in [-0.4, -0.2) is 22.0 Å². The topological polar surface area (TPSA) is 37.3 Å². The lowest BCUT2D eigenvalue weighted by atomic mass is 9.94. The zero-order chi connectivity index (χ0) is 20.7. The van der Waals surface area contributed by atoms with Crippen molar-refractivity contribution in [2.75, 3.05) is 11.9 Å². The van der Waals surface area contributed by atoms with Crippen molar-refractivity contribution < 1.29 is 4.79 Å². The first-order chi connectivity index (χ1) is 14.6. The van der Waals surface area contributed by atoms with Crippen molar-refractivity contribution in [1.29, 1.82) is 0 Å². The highest BCUT2D eigenvalue weighted by molar-refractivity contribution is 6.01. The van der Waals surface area contributed by atoms with Crippen molar-refractivity contribution in [2.45, 2.75) is 26.4 Å². The largest absolute Gasteiger partial charge is 0.348 e. The molecule has 0 fully saturated rings. The Kier molecular flexibility index (Phi) is 4.55. The zero-order valence-corrected chi connectivity index (χ0v) is 17.3. The Morgan fingerprint density at radius 2 is 1.77 bits per heavy atom. The summed E-state index contributed by atoms with van der Waals surface area (Å²) in [4.78, 5) is 15.5. The number of carbonyl (C=O) groups is 1. The number of nitrogens with zero attached hydrogens (tertiary/aromatic N) is 2. The second-order valence-electron chi connectivity index (χ2n) is 8.04. The molecule has 1 aromatic heterocycles. The molecule has 4 nitrogen and oxygen atoms in total. The van der Waals surface area contributed by atoms with Gasteiger partial charge in [-0.15, -0.1) is 0 Å². The van der Waals surface area contributed by atoms with Crippen LogP contribution in [-0.2, 0) is 6.54 Å². The van der Waals surface area contributed by atoms with Crippen LogP contribution in [0.3, 0.4) is 0 Å². The van der Waals surface area contributed by atoms with Gasteiger partial charge in [-0.05, 0) is 48.6 Å². The summed E-state index contributed by atoms with van der Waals surface area (Å²) in [5, 5.41) is 5.36. The average molecular weight is 396 g/mol. The van der Waals surface area contributed by atoms with Crippen LogP contribution < -0.4 is 5.32 Å². The Labute approximate surface area is 176 Å². The van der Waals surface area contributed by atoms with Gasteiger partial charge in [-0.2, -0.15) is 0 Å². The molecule has 4 heteroatoms. The van der Waals surface area contributed by atoms with Gasteiger partial charge in [0.1, 0.15) is 0 Å². The molecule has 1 aliphatic heterocycles. The maximum Gasteiger partial charge on any atom is 0.322 e. The molecule has 0 spiro atoms. The van der Waals surface area contributed by atoms with E-state index >= 15 is 0 Å². The van der Waals surface area contributed by atoms with Gasteiger partial charge in [0.05, 0.1) is 11.7 Å². The SMILES string of the molecule is Cc1ccc([C@H]2c3cccn3CCN2C(=O)Nc2cccc3ccccc23)c(C)c1. The molecule has 0 aliphatic carbocycles. The van der Waals surface area contributed by atoms with Gasteiger partial charge < -0.3 is 14.8 Å². The van der Waals surface area contributed by atoms with Crippen LogP contribution in [0.4, 0.5) is 10.5 Å². The minimum Gasteiger partial charge on any atom is -0.348 e. The molecule has 1 atom stereocenters. The van der Waals surface area contributed by atoms with E-state index in [1.54, 1.807) is 0 Å². The molecule has 5 rings (SSSR count). The molecule has 30 heavy (non-hydrogen) atoms. The van der Waals surface area contributed by atoms with Gasteiger partial charge in [-0.3, -0.25) is 0 Å². The first-order valence-corrected chi connectivity index (χ1v) is 10.4. The van der Waals surface area contributed by atoms with Crippen molar-refractivity contribution in [3.8, 4) is 0 Å². The molecule has 0 radical (unpaired) electrons. The Morgan fingerprint density at radius 1 is 0.933 bits per heavy atom. The van der Waals surface area contributed by atoms with Crippen LogP contribution in [0.25, 0.3) is 10.8 Å². The predicted molar refractivity (Wildman–Crippen MR) is 122 cm³/mol. The maximum atomic E-state index is 13.5. The van der Waals surface area contributed by atoms with Crippen LogP contribution in [0.2, 0.25) is 0 Å². The molecule has 0 saturated carbocycles. The van der Waals surface area contributed by atoms with Crippen molar-refractivity contribution in [3.63, 3.8) is 0 Å². The number of fused-ring (bicyclic) bond motifs is 2. The third kappa shape index (κ3) is 3.14. The fourth-order valence-electron chi connectivity index (χ4n) is 4.58. The van der Waals surface area contributed by atoms with Gasteiger partial charge >= 0.3 is 6.03 Å². The summed E-state index contributed by atoms with van der Waals surface area (Å²) >= 11 is 0. The summed E-state index contributed by atoms with van der Waals surface area (Å²) < 4.78 is 2.26. The highest BCUT2D eigenvalue weighted by Gasteiger charge is 2.33. The van der Waals surface area contributed by atoms with E-state index in [-0.39, 0.29) is 12.1 Å². The number of rotatable bonds is 2. The van der Waals surface area contributed by atoms with E-state index < -0.39 is 0 Å². The Hall–Kier alpha value is -3.53. The molecule has 2 heterocycles. The third-order valence-electron chi connectivity index (χ3n) is 6.05. The van der Waals surface area contributed by atoms with Crippen molar-refractivity contribution in [2.24, 2.45) is 0 Å². The maximum absolute atomic E-state index is 13.5. The Bertz CT molecular complexity index is 1230. The molecule has 1 N–H and O–H groups in total. The molecule has 150 valence electrons. The molecule has 2 amide bonds. The van der Waals surface area contributed by atoms with Gasteiger partial charge in [0.15, 0.2) is 0 Å². The molecular weight excluding hydrogens is 370 g/mol. The van der Waals surface area contributed by atoms with Crippen molar-refractivity contribution in [3.05, 3.63) is 101 Å². The number of hydrogen-bond donors (Lipinski definition) is 1. The number of urea groups is 1. The Balaban J connectivity index is 1.54. The number of amides is 2. The molecule has 4 aromatic rings. The summed E-state index contributed by atoms with van der Waals surface area (Å²) in [5.74, 6) is 0. The van der Waals surface area contributed by atoms with Gasteiger partial charge in [-0.25, -0.2) is 4.79 Å². The fraction of sp³-hybridized carbons (Fsp3) is 0.192. The average Bonchev–Trinajstić information content (AvgIpc) is 3.23. The van der Waals surface area contributed by atoms with E-state index in [1.807, 2.05) is 35.2 Å². The second-order valence-corrected chi connectivity index (χ2v) is 8.04. The minimum atomic E-state index is -0.107. The number of aromatic nitrogens is 1. The van der Waals surface area contributed by atoms with E-state index in [2.05, 4.69) is 72.4 Å². The number of aryl methyl sites for hydroxylation is 2. The van der Waals surface area contributed by atoms with Gasteiger partial charge in [-0.1, -0.05) is 60.2 Å². The van der Waals surface area contributed by atoms with E-state index in [0.717, 1.165) is 28.7 Å². The van der Waals surface area contributed by atoms with Crippen molar-refractivity contribution >= 4 is 22.5 Å². The van der Waals surface area contributed by atoms with E-state index in [4.69, 9.17) is 0 Å². The van der Waals surface area contributed by atoms with Crippen LogP contribution >= 0.6 is 0 Å². The smallest absolute Gasteiger partial charge is 0.322 e. The highest BCUT2D eigenvalue weighted by Crippen LogP contribution is 2.35. The van der Waals surface area contributed by atoms with Crippen LogP contribution in [0.15, 0.2) is 79.0 Å². The monoisotopic (exact) mass is 395 g/mol. The summed E-state index contributed by atoms with van der Waals surface area (Å²) in [6.45, 7) is 5.69. The molecule has 0 saturated heterocycles. The standard InChI is InChI=1S/C26H25N3O/c1-18-12-13-21(19(2)17-18)25-24-11-6-14-28(24)15-16-29(25)26(30)27-23-10-5-8-20-7-3-4-9-22(20)23/h3-14,17,25H,15-16H2,1-2H3,(H,27,30)/t25-/m0/s1. The van der Waals surface area contributed by atoms with E-state index in [1.165, 1.54) is 16.7 Å². The zero-order valence-electron chi connectivity index (χ0n) is 17.3. The molecule has 1 aliphatic rings. The number of nitrogens with one attached hydrogen (secondary N) is 1. The van der Waals surface area contributed by atoms with Crippen LogP contribution in [0.5, 0.6) is 0 Å². The fourth-order valence-corrected chi connectivity index (χ4v) is 4.58. The van der Waals surface area contributed by atoms with Gasteiger partial charge in [0, 0.05) is 30.4 Å². The molecule has 3 aromatic carbocycles. The number of hydrogen-bond acceptors (Lipinski definition) is 1. The Morgan fingerprint density at radius 3 is 2.63 bits per heavy atom. The van der Waals surface area contributed by atoms with Crippen LogP contribution in [0.1, 0.15) is 28.4 Å². The predicted octanol–water partition coefficient (Wildman–Crippen LogP) is 5.90. The molecule has 0 bridgehead atoms.